The van der Waals surface area contributed by atoms with Gasteiger partial charge in [0.2, 0.25) is 5.91 Å². The van der Waals surface area contributed by atoms with Crippen molar-refractivity contribution in [1.82, 2.24) is 5.32 Å². The van der Waals surface area contributed by atoms with Crippen LogP contribution in [0.4, 0.5) is 5.69 Å². The molecule has 1 fully saturated rings. The average molecular weight is 364 g/mol. The lowest BCUT2D eigenvalue weighted by Gasteiger charge is -2.16. The second-order valence-corrected chi connectivity index (χ2v) is 7.33. The topological polar surface area (TPSA) is 58.6 Å². The highest BCUT2D eigenvalue weighted by molar-refractivity contribution is 5.97. The van der Waals surface area contributed by atoms with Crippen LogP contribution in [0, 0.1) is 0 Å². The monoisotopic (exact) mass is 364 g/mol. The average Bonchev–Trinajstić information content (AvgIpc) is 3.23. The van der Waals surface area contributed by atoms with Crippen molar-refractivity contribution in [3.05, 3.63) is 59.2 Å². The van der Waals surface area contributed by atoms with E-state index in [-0.39, 0.29) is 23.8 Å². The Hall–Kier alpha value is -2.82. The van der Waals surface area contributed by atoms with Crippen LogP contribution in [0.25, 0.3) is 0 Å². The number of benzene rings is 2. The van der Waals surface area contributed by atoms with Gasteiger partial charge in [-0.25, -0.2) is 0 Å². The molecular formula is C22H24N2O3. The SMILES string of the molecule is C[C@H]1Oc2c(C(=O)NCc3ccc(N4CCCC4=O)cc3)cccc2[C@@H]1C. The first kappa shape index (κ1) is 17.6. The molecule has 1 N–H and O–H groups in total. The van der Waals surface area contributed by atoms with Crippen molar-refractivity contribution in [2.75, 3.05) is 11.4 Å². The maximum absolute atomic E-state index is 12.7. The van der Waals surface area contributed by atoms with Gasteiger partial charge in [0.1, 0.15) is 11.9 Å². The van der Waals surface area contributed by atoms with Gasteiger partial charge in [0, 0.05) is 36.7 Å². The first-order chi connectivity index (χ1) is 13.0. The van der Waals surface area contributed by atoms with Crippen LogP contribution in [-0.2, 0) is 11.3 Å². The Morgan fingerprint density at radius 1 is 1.19 bits per heavy atom. The summed E-state index contributed by atoms with van der Waals surface area (Å²) in [6, 6.07) is 13.5. The molecule has 5 heteroatoms. The molecule has 140 valence electrons. The fraction of sp³-hybridized carbons (Fsp3) is 0.364. The van der Waals surface area contributed by atoms with Gasteiger partial charge in [-0.3, -0.25) is 9.59 Å². The predicted molar refractivity (Wildman–Crippen MR) is 104 cm³/mol. The van der Waals surface area contributed by atoms with E-state index >= 15 is 0 Å². The van der Waals surface area contributed by atoms with Crippen molar-refractivity contribution < 1.29 is 14.3 Å². The van der Waals surface area contributed by atoms with Gasteiger partial charge in [-0.2, -0.15) is 0 Å². The number of nitrogens with zero attached hydrogens (tertiary/aromatic N) is 1. The lowest BCUT2D eigenvalue weighted by atomic mass is 9.97. The molecule has 0 aromatic heterocycles. The smallest absolute Gasteiger partial charge is 0.255 e. The summed E-state index contributed by atoms with van der Waals surface area (Å²) in [5.41, 5.74) is 3.59. The lowest BCUT2D eigenvalue weighted by Crippen LogP contribution is -2.24. The van der Waals surface area contributed by atoms with Crippen molar-refractivity contribution in [1.29, 1.82) is 0 Å². The number of nitrogens with one attached hydrogen (secondary N) is 1. The highest BCUT2D eigenvalue weighted by Crippen LogP contribution is 2.40. The first-order valence-corrected chi connectivity index (χ1v) is 9.51. The van der Waals surface area contributed by atoms with E-state index in [2.05, 4.69) is 12.2 Å². The van der Waals surface area contributed by atoms with Gasteiger partial charge in [0.15, 0.2) is 0 Å². The van der Waals surface area contributed by atoms with Crippen LogP contribution in [-0.4, -0.2) is 24.5 Å². The number of para-hydroxylation sites is 1. The summed E-state index contributed by atoms with van der Waals surface area (Å²) < 4.78 is 5.91. The van der Waals surface area contributed by atoms with Crippen LogP contribution in [0.5, 0.6) is 5.75 Å². The van der Waals surface area contributed by atoms with Crippen LogP contribution in [0.15, 0.2) is 42.5 Å². The minimum atomic E-state index is -0.132. The van der Waals surface area contributed by atoms with E-state index in [1.165, 1.54) is 0 Å². The first-order valence-electron chi connectivity index (χ1n) is 9.51. The van der Waals surface area contributed by atoms with Crippen molar-refractivity contribution in [3.63, 3.8) is 0 Å². The zero-order valence-electron chi connectivity index (χ0n) is 15.7. The maximum Gasteiger partial charge on any atom is 0.255 e. The number of ether oxygens (including phenoxy) is 1. The Balaban J connectivity index is 1.42. The third-order valence-corrected chi connectivity index (χ3v) is 5.56. The summed E-state index contributed by atoms with van der Waals surface area (Å²) in [6.07, 6.45) is 1.62. The van der Waals surface area contributed by atoms with E-state index < -0.39 is 0 Å². The molecule has 0 bridgehead atoms. The molecule has 0 aliphatic carbocycles. The molecule has 2 aromatic rings. The summed E-state index contributed by atoms with van der Waals surface area (Å²) in [6.45, 7) is 5.36. The normalized spacial score (nSPS) is 21.1. The van der Waals surface area contributed by atoms with E-state index in [0.29, 0.717) is 24.3 Å². The minimum Gasteiger partial charge on any atom is -0.489 e. The van der Waals surface area contributed by atoms with Crippen LogP contribution < -0.4 is 15.0 Å². The molecule has 27 heavy (non-hydrogen) atoms. The fourth-order valence-corrected chi connectivity index (χ4v) is 3.76. The molecule has 2 aliphatic rings. The molecule has 4 rings (SSSR count). The molecule has 0 radical (unpaired) electrons. The molecule has 2 aliphatic heterocycles. The van der Waals surface area contributed by atoms with E-state index in [9.17, 15) is 9.59 Å². The molecule has 0 saturated carbocycles. The van der Waals surface area contributed by atoms with Crippen molar-refractivity contribution in [3.8, 4) is 5.75 Å². The van der Waals surface area contributed by atoms with Crippen molar-refractivity contribution in [2.24, 2.45) is 0 Å². The van der Waals surface area contributed by atoms with Crippen LogP contribution >= 0.6 is 0 Å². The third kappa shape index (κ3) is 3.29. The summed E-state index contributed by atoms with van der Waals surface area (Å²) in [5, 5.41) is 2.97. The van der Waals surface area contributed by atoms with E-state index in [1.807, 2.05) is 48.2 Å². The van der Waals surface area contributed by atoms with Gasteiger partial charge in [-0.15, -0.1) is 0 Å². The zero-order valence-corrected chi connectivity index (χ0v) is 15.7. The molecule has 2 heterocycles. The molecule has 1 saturated heterocycles. The summed E-state index contributed by atoms with van der Waals surface area (Å²) in [5.74, 6) is 1.04. The number of hydrogen-bond donors (Lipinski definition) is 1. The number of anilines is 1. The van der Waals surface area contributed by atoms with Gasteiger partial charge in [0.25, 0.3) is 5.91 Å². The van der Waals surface area contributed by atoms with Gasteiger partial charge in [-0.1, -0.05) is 31.2 Å². The Morgan fingerprint density at radius 2 is 1.96 bits per heavy atom. The second kappa shape index (κ2) is 7.06. The minimum absolute atomic E-state index is 0.0785. The van der Waals surface area contributed by atoms with Gasteiger partial charge >= 0.3 is 0 Å². The zero-order chi connectivity index (χ0) is 19.0. The molecule has 2 amide bonds. The van der Waals surface area contributed by atoms with E-state index in [0.717, 1.165) is 29.8 Å². The highest BCUT2D eigenvalue weighted by atomic mass is 16.5. The van der Waals surface area contributed by atoms with Crippen molar-refractivity contribution in [2.45, 2.75) is 45.3 Å². The van der Waals surface area contributed by atoms with Crippen molar-refractivity contribution >= 4 is 17.5 Å². The van der Waals surface area contributed by atoms with Gasteiger partial charge < -0.3 is 15.0 Å². The number of carbonyl (C=O) groups excluding carboxylic acids is 2. The summed E-state index contributed by atoms with van der Waals surface area (Å²) >= 11 is 0. The number of carbonyl (C=O) groups is 2. The standard InChI is InChI=1S/C22H24N2O3/c1-14-15(2)27-21-18(14)5-3-6-19(21)22(26)23-13-16-8-10-17(11-9-16)24-12-4-7-20(24)25/h3,5-6,8-11,14-15H,4,7,12-13H2,1-2H3,(H,23,26)/t14-,15-/m1/s1. The molecule has 0 unspecified atom stereocenters. The predicted octanol–water partition coefficient (Wildman–Crippen LogP) is 3.63. The molecular weight excluding hydrogens is 340 g/mol. The number of fused-ring (bicyclic) bond motifs is 1. The Morgan fingerprint density at radius 3 is 2.67 bits per heavy atom. The lowest BCUT2D eigenvalue weighted by molar-refractivity contribution is -0.117. The highest BCUT2D eigenvalue weighted by Gasteiger charge is 2.31. The number of hydrogen-bond acceptors (Lipinski definition) is 3. The fourth-order valence-electron chi connectivity index (χ4n) is 3.76. The number of amides is 2. The largest absolute Gasteiger partial charge is 0.489 e. The summed E-state index contributed by atoms with van der Waals surface area (Å²) in [7, 11) is 0. The van der Waals surface area contributed by atoms with E-state index in [4.69, 9.17) is 4.74 Å². The quantitative estimate of drug-likeness (QED) is 0.901. The Kier molecular flexibility index (Phi) is 4.60. The molecule has 2 atom stereocenters. The number of rotatable bonds is 4. The Bertz CT molecular complexity index is 876. The van der Waals surface area contributed by atoms with E-state index in [1.54, 1.807) is 6.07 Å². The third-order valence-electron chi connectivity index (χ3n) is 5.56. The van der Waals surface area contributed by atoms with Gasteiger partial charge in [-0.05, 0) is 37.1 Å². The molecule has 0 spiro atoms. The summed E-state index contributed by atoms with van der Waals surface area (Å²) in [4.78, 5) is 26.3. The second-order valence-electron chi connectivity index (χ2n) is 7.33. The molecule has 5 nitrogen and oxygen atoms in total. The van der Waals surface area contributed by atoms with Crippen LogP contribution in [0.1, 0.15) is 54.1 Å². The van der Waals surface area contributed by atoms with Crippen LogP contribution in [0.3, 0.4) is 0 Å². The van der Waals surface area contributed by atoms with Crippen LogP contribution in [0.2, 0.25) is 0 Å². The van der Waals surface area contributed by atoms with Gasteiger partial charge in [0.05, 0.1) is 5.56 Å². The molecule has 2 aromatic carbocycles. The maximum atomic E-state index is 12.7. The Labute approximate surface area is 159 Å².